The standard InChI is InChI=1S/C30H43NO5/c1-6-21-7-9-26(23-11-12-31-18-23)27(14-21)29(36-20(4)32)17-25(33)15-24(13-19(2)3)22-8-10-28(34)30(16-22)35-5/h8,10-11,16,18-19,21,24,26-27,29,34H,6-7,9,12-15,17H2,1-5H3. The number of phenolic OH excluding ortho intramolecular Hbond substituents is 1. The van der Waals surface area contributed by atoms with Crippen LogP contribution in [0.4, 0.5) is 0 Å². The van der Waals surface area contributed by atoms with Gasteiger partial charge < -0.3 is 14.6 Å². The number of Topliss-reactive ketones (excluding diaryl/α,β-unsaturated/α-hetero) is 1. The summed E-state index contributed by atoms with van der Waals surface area (Å²) in [5.74, 6) is 1.63. The Kier molecular flexibility index (Phi) is 10.1. The minimum atomic E-state index is -0.432. The van der Waals surface area contributed by atoms with Gasteiger partial charge in [0.25, 0.3) is 0 Å². The van der Waals surface area contributed by atoms with E-state index in [2.05, 4.69) is 31.8 Å². The summed E-state index contributed by atoms with van der Waals surface area (Å²) in [6.45, 7) is 8.65. The minimum Gasteiger partial charge on any atom is -0.504 e. The van der Waals surface area contributed by atoms with Crippen LogP contribution in [0.2, 0.25) is 0 Å². The van der Waals surface area contributed by atoms with Gasteiger partial charge in [-0.1, -0.05) is 39.3 Å². The molecule has 6 nitrogen and oxygen atoms in total. The number of hydrogen-bond acceptors (Lipinski definition) is 6. The molecule has 0 saturated heterocycles. The first-order valence-corrected chi connectivity index (χ1v) is 13.5. The van der Waals surface area contributed by atoms with Crippen molar-refractivity contribution in [3.05, 3.63) is 35.4 Å². The first kappa shape index (κ1) is 27.9. The van der Waals surface area contributed by atoms with E-state index in [9.17, 15) is 14.7 Å². The summed E-state index contributed by atoms with van der Waals surface area (Å²) in [5.41, 5.74) is 2.21. The van der Waals surface area contributed by atoms with Gasteiger partial charge in [-0.15, -0.1) is 0 Å². The molecule has 1 aromatic carbocycles. The first-order valence-electron chi connectivity index (χ1n) is 13.5. The van der Waals surface area contributed by atoms with Crippen molar-refractivity contribution in [1.29, 1.82) is 0 Å². The maximum Gasteiger partial charge on any atom is 0.302 e. The van der Waals surface area contributed by atoms with Crippen LogP contribution in [0.25, 0.3) is 0 Å². The van der Waals surface area contributed by atoms with Gasteiger partial charge in [0.2, 0.25) is 0 Å². The molecule has 1 heterocycles. The normalized spacial score (nSPS) is 23.3. The molecule has 3 rings (SSSR count). The quantitative estimate of drug-likeness (QED) is 0.344. The summed E-state index contributed by atoms with van der Waals surface area (Å²) in [6, 6.07) is 5.33. The van der Waals surface area contributed by atoms with E-state index in [1.165, 1.54) is 19.6 Å². The second-order valence-corrected chi connectivity index (χ2v) is 10.9. The molecule has 5 unspecified atom stereocenters. The highest BCUT2D eigenvalue weighted by molar-refractivity contribution is 5.82. The molecular weight excluding hydrogens is 454 g/mol. The lowest BCUT2D eigenvalue weighted by Gasteiger charge is -2.40. The van der Waals surface area contributed by atoms with E-state index in [1.54, 1.807) is 6.07 Å². The smallest absolute Gasteiger partial charge is 0.302 e. The van der Waals surface area contributed by atoms with E-state index in [0.29, 0.717) is 30.6 Å². The molecule has 36 heavy (non-hydrogen) atoms. The highest BCUT2D eigenvalue weighted by atomic mass is 16.5. The van der Waals surface area contributed by atoms with Crippen LogP contribution >= 0.6 is 0 Å². The van der Waals surface area contributed by atoms with Gasteiger partial charge in [-0.3, -0.25) is 14.6 Å². The van der Waals surface area contributed by atoms with Crippen LogP contribution in [0.5, 0.6) is 11.5 Å². The molecule has 1 N–H and O–H groups in total. The lowest BCUT2D eigenvalue weighted by atomic mass is 9.67. The first-order chi connectivity index (χ1) is 17.2. The van der Waals surface area contributed by atoms with E-state index >= 15 is 0 Å². The second-order valence-electron chi connectivity index (χ2n) is 10.9. The third kappa shape index (κ3) is 7.44. The molecule has 6 heteroatoms. The molecule has 0 aromatic heterocycles. The SMILES string of the molecule is CCC1CCC(C2=CCN=C2)C(C(CC(=O)CC(CC(C)C)c2ccc(O)c(OC)c2)OC(C)=O)C1. The highest BCUT2D eigenvalue weighted by Gasteiger charge is 2.39. The van der Waals surface area contributed by atoms with E-state index in [0.717, 1.165) is 37.7 Å². The fourth-order valence-corrected chi connectivity index (χ4v) is 6.04. The third-order valence-corrected chi connectivity index (χ3v) is 7.82. The zero-order valence-corrected chi connectivity index (χ0v) is 22.5. The molecule has 5 atom stereocenters. The molecule has 1 aromatic rings. The van der Waals surface area contributed by atoms with Gasteiger partial charge in [0.05, 0.1) is 13.7 Å². The summed E-state index contributed by atoms with van der Waals surface area (Å²) in [5, 5.41) is 10.0. The van der Waals surface area contributed by atoms with Crippen LogP contribution in [-0.2, 0) is 14.3 Å². The molecule has 0 amide bonds. The van der Waals surface area contributed by atoms with Gasteiger partial charge in [-0.05, 0) is 72.6 Å². The molecule has 0 spiro atoms. The van der Waals surface area contributed by atoms with Crippen molar-refractivity contribution in [2.75, 3.05) is 13.7 Å². The number of carbonyl (C=O) groups is 2. The molecule has 0 radical (unpaired) electrons. The average Bonchev–Trinajstić information content (AvgIpc) is 3.37. The molecule has 2 aliphatic rings. The van der Waals surface area contributed by atoms with Crippen LogP contribution in [0.1, 0.15) is 84.1 Å². The Bertz CT molecular complexity index is 966. The fourth-order valence-electron chi connectivity index (χ4n) is 6.04. The Hall–Kier alpha value is -2.63. The maximum atomic E-state index is 13.5. The number of esters is 1. The van der Waals surface area contributed by atoms with Crippen molar-refractivity contribution < 1.29 is 24.2 Å². The molecule has 1 saturated carbocycles. The van der Waals surface area contributed by atoms with E-state index in [1.807, 2.05) is 18.3 Å². The van der Waals surface area contributed by atoms with Gasteiger partial charge in [-0.25, -0.2) is 0 Å². The van der Waals surface area contributed by atoms with Crippen LogP contribution in [0.3, 0.4) is 0 Å². The van der Waals surface area contributed by atoms with Crippen molar-refractivity contribution >= 4 is 18.0 Å². The number of phenols is 1. The topological polar surface area (TPSA) is 85.2 Å². The number of allylic oxidation sites excluding steroid dienone is 1. The highest BCUT2D eigenvalue weighted by Crippen LogP contribution is 2.43. The Morgan fingerprint density at radius 3 is 2.58 bits per heavy atom. The van der Waals surface area contributed by atoms with Crippen molar-refractivity contribution in [2.45, 2.75) is 84.7 Å². The Labute approximate surface area is 216 Å². The summed E-state index contributed by atoms with van der Waals surface area (Å²) < 4.78 is 11.2. The maximum absolute atomic E-state index is 13.5. The summed E-state index contributed by atoms with van der Waals surface area (Å²) in [7, 11) is 1.53. The predicted molar refractivity (Wildman–Crippen MR) is 143 cm³/mol. The number of ether oxygens (including phenoxy) is 2. The van der Waals surface area contributed by atoms with Crippen molar-refractivity contribution in [1.82, 2.24) is 0 Å². The number of methoxy groups -OCH3 is 1. The van der Waals surface area contributed by atoms with Crippen molar-refractivity contribution in [3.8, 4) is 11.5 Å². The monoisotopic (exact) mass is 497 g/mol. The number of nitrogens with zero attached hydrogens (tertiary/aromatic N) is 1. The molecule has 1 aliphatic carbocycles. The Morgan fingerprint density at radius 2 is 1.97 bits per heavy atom. The fraction of sp³-hybridized carbons (Fsp3) is 0.633. The number of hydrogen-bond donors (Lipinski definition) is 1. The molecule has 1 aliphatic heterocycles. The number of carbonyl (C=O) groups excluding carboxylic acids is 2. The lowest BCUT2D eigenvalue weighted by Crippen LogP contribution is -2.39. The number of aromatic hydroxyl groups is 1. The van der Waals surface area contributed by atoms with Gasteiger partial charge in [0, 0.05) is 31.9 Å². The van der Waals surface area contributed by atoms with E-state index in [-0.39, 0.29) is 41.7 Å². The zero-order valence-electron chi connectivity index (χ0n) is 22.5. The third-order valence-electron chi connectivity index (χ3n) is 7.82. The number of aliphatic imine (C=N–C) groups is 1. The average molecular weight is 498 g/mol. The Balaban J connectivity index is 1.81. The lowest BCUT2D eigenvalue weighted by molar-refractivity contribution is -0.152. The summed E-state index contributed by atoms with van der Waals surface area (Å²) in [6.07, 6.45) is 9.38. The predicted octanol–water partition coefficient (Wildman–Crippen LogP) is 6.26. The number of ketones is 1. The molecular formula is C30H43NO5. The van der Waals surface area contributed by atoms with Crippen LogP contribution in [0.15, 0.2) is 34.8 Å². The van der Waals surface area contributed by atoms with Gasteiger partial charge in [-0.2, -0.15) is 0 Å². The molecule has 0 bridgehead atoms. The van der Waals surface area contributed by atoms with Crippen LogP contribution in [-0.4, -0.2) is 42.8 Å². The van der Waals surface area contributed by atoms with Crippen LogP contribution in [0, 0.1) is 23.7 Å². The second kappa shape index (κ2) is 13.1. The zero-order chi connectivity index (χ0) is 26.2. The van der Waals surface area contributed by atoms with Gasteiger partial charge in [0.15, 0.2) is 11.5 Å². The van der Waals surface area contributed by atoms with Crippen molar-refractivity contribution in [2.24, 2.45) is 28.7 Å². The van der Waals surface area contributed by atoms with Crippen LogP contribution < -0.4 is 4.74 Å². The van der Waals surface area contributed by atoms with Gasteiger partial charge in [0.1, 0.15) is 11.9 Å². The van der Waals surface area contributed by atoms with E-state index in [4.69, 9.17) is 9.47 Å². The minimum absolute atomic E-state index is 0.000180. The summed E-state index contributed by atoms with van der Waals surface area (Å²) in [4.78, 5) is 30.1. The summed E-state index contributed by atoms with van der Waals surface area (Å²) >= 11 is 0. The number of benzene rings is 1. The largest absolute Gasteiger partial charge is 0.504 e. The molecule has 198 valence electrons. The van der Waals surface area contributed by atoms with Crippen molar-refractivity contribution in [3.63, 3.8) is 0 Å². The van der Waals surface area contributed by atoms with Gasteiger partial charge >= 0.3 is 5.97 Å². The molecule has 1 fully saturated rings. The van der Waals surface area contributed by atoms with E-state index < -0.39 is 6.10 Å². The Morgan fingerprint density at radius 1 is 1.19 bits per heavy atom. The number of rotatable bonds is 12.